The second-order valence-electron chi connectivity index (χ2n) is 8.23. The van der Waals surface area contributed by atoms with Crippen LogP contribution >= 0.6 is 0 Å². The van der Waals surface area contributed by atoms with Gasteiger partial charge in [0.25, 0.3) is 0 Å². The van der Waals surface area contributed by atoms with Crippen molar-refractivity contribution in [3.05, 3.63) is 78.5 Å². The van der Waals surface area contributed by atoms with Crippen LogP contribution in [0.15, 0.2) is 72.9 Å². The summed E-state index contributed by atoms with van der Waals surface area (Å²) in [7, 11) is 0. The lowest BCUT2D eigenvalue weighted by Gasteiger charge is -2.14. The maximum atomic E-state index is 9.44. The molecule has 166 valence electrons. The monoisotopic (exact) mass is 429 g/mol. The molecule has 2 N–H and O–H groups in total. The Balaban J connectivity index is 1.58. The van der Waals surface area contributed by atoms with E-state index in [1.165, 1.54) is 5.56 Å². The summed E-state index contributed by atoms with van der Waals surface area (Å²) in [4.78, 5) is 9.11. The third-order valence-electron chi connectivity index (χ3n) is 5.77. The first kappa shape index (κ1) is 22.0. The number of nitrogens with one attached hydrogen (secondary N) is 1. The van der Waals surface area contributed by atoms with E-state index in [1.807, 2.05) is 36.4 Å². The molecule has 0 saturated carbocycles. The van der Waals surface area contributed by atoms with Crippen LogP contribution in [0.2, 0.25) is 0 Å². The van der Waals surface area contributed by atoms with Gasteiger partial charge < -0.3 is 15.2 Å². The summed E-state index contributed by atoms with van der Waals surface area (Å²) < 4.78 is 5.95. The first-order chi connectivity index (χ1) is 15.8. The van der Waals surface area contributed by atoms with E-state index in [1.54, 1.807) is 6.20 Å². The number of anilines is 2. The largest absolute Gasteiger partial charge is 0.493 e. The molecular weight excluding hydrogens is 398 g/mol. The normalized spacial score (nSPS) is 18.1. The Kier molecular flexibility index (Phi) is 7.88. The number of hydrogen-bond donors (Lipinski definition) is 2. The van der Waals surface area contributed by atoms with E-state index in [2.05, 4.69) is 40.7 Å². The molecule has 1 aliphatic rings. The number of ether oxygens (including phenoxy) is 1. The molecule has 5 nitrogen and oxygen atoms in total. The standard InChI is InChI=1S/C27H31N3O2/c31-17-15-21-7-2-1-3-18-32-25-13-6-11-23(20-25)26-14-16-28-27(30-26)29-24-12-5-10-22(19-24)9-4-8-21/h1-2,5-6,10-14,16,19-21,31H,3-4,7-9,15,17-18H2,(H,28,29,30)/b2-1+/t21-/m1/s1. The molecule has 2 aromatic carbocycles. The number of allylic oxidation sites excluding steroid dienone is 1. The van der Waals surface area contributed by atoms with Crippen LogP contribution in [0.5, 0.6) is 5.75 Å². The van der Waals surface area contributed by atoms with E-state index in [0.717, 1.165) is 61.2 Å². The molecule has 1 aromatic heterocycles. The van der Waals surface area contributed by atoms with Crippen LogP contribution in [-0.4, -0.2) is 28.3 Å². The van der Waals surface area contributed by atoms with E-state index in [-0.39, 0.29) is 6.61 Å². The zero-order chi connectivity index (χ0) is 22.0. The van der Waals surface area contributed by atoms with Gasteiger partial charge in [0.1, 0.15) is 5.75 Å². The second-order valence-corrected chi connectivity index (χ2v) is 8.23. The highest BCUT2D eigenvalue weighted by Gasteiger charge is 2.08. The Hall–Kier alpha value is -3.18. The molecule has 0 saturated heterocycles. The van der Waals surface area contributed by atoms with Crippen LogP contribution < -0.4 is 10.1 Å². The Labute approximate surface area is 190 Å². The van der Waals surface area contributed by atoms with Crippen LogP contribution in [0.3, 0.4) is 0 Å². The first-order valence-corrected chi connectivity index (χ1v) is 11.5. The summed E-state index contributed by atoms with van der Waals surface area (Å²) in [6.07, 6.45) is 12.2. The minimum Gasteiger partial charge on any atom is -0.493 e. The molecule has 32 heavy (non-hydrogen) atoms. The smallest absolute Gasteiger partial charge is 0.227 e. The van der Waals surface area contributed by atoms with Crippen molar-refractivity contribution < 1.29 is 9.84 Å². The van der Waals surface area contributed by atoms with E-state index in [9.17, 15) is 5.11 Å². The Bertz CT molecular complexity index is 1030. The Morgan fingerprint density at radius 2 is 2.00 bits per heavy atom. The van der Waals surface area contributed by atoms with Crippen LogP contribution in [0, 0.1) is 5.92 Å². The van der Waals surface area contributed by atoms with Gasteiger partial charge in [-0.1, -0.05) is 36.4 Å². The van der Waals surface area contributed by atoms with Crippen LogP contribution in [-0.2, 0) is 6.42 Å². The molecule has 2 heterocycles. The second kappa shape index (κ2) is 11.4. The third kappa shape index (κ3) is 6.41. The number of fused-ring (bicyclic) bond motifs is 7. The van der Waals surface area contributed by atoms with Gasteiger partial charge in [0.05, 0.1) is 12.3 Å². The van der Waals surface area contributed by atoms with E-state index in [0.29, 0.717) is 18.5 Å². The molecule has 6 bridgehead atoms. The number of aliphatic hydroxyl groups excluding tert-OH is 1. The minimum absolute atomic E-state index is 0.246. The van der Waals surface area contributed by atoms with Crippen molar-refractivity contribution in [3.63, 3.8) is 0 Å². The number of nitrogens with zero attached hydrogens (tertiary/aromatic N) is 2. The lowest BCUT2D eigenvalue weighted by atomic mass is 9.93. The summed E-state index contributed by atoms with van der Waals surface area (Å²) in [5.74, 6) is 1.93. The van der Waals surface area contributed by atoms with Crippen molar-refractivity contribution in [1.29, 1.82) is 0 Å². The summed E-state index contributed by atoms with van der Waals surface area (Å²) in [6, 6.07) is 18.4. The van der Waals surface area contributed by atoms with Gasteiger partial charge in [-0.2, -0.15) is 0 Å². The highest BCUT2D eigenvalue weighted by Crippen LogP contribution is 2.25. The van der Waals surface area contributed by atoms with Crippen molar-refractivity contribution >= 4 is 11.6 Å². The zero-order valence-electron chi connectivity index (χ0n) is 18.4. The van der Waals surface area contributed by atoms with Gasteiger partial charge in [-0.25, -0.2) is 9.97 Å². The summed E-state index contributed by atoms with van der Waals surface area (Å²) in [5, 5.41) is 12.8. The summed E-state index contributed by atoms with van der Waals surface area (Å²) in [5.41, 5.74) is 4.14. The van der Waals surface area contributed by atoms with E-state index < -0.39 is 0 Å². The molecule has 0 unspecified atom stereocenters. The highest BCUT2D eigenvalue weighted by molar-refractivity contribution is 5.63. The van der Waals surface area contributed by atoms with Gasteiger partial charge in [-0.15, -0.1) is 0 Å². The first-order valence-electron chi connectivity index (χ1n) is 11.5. The molecule has 3 aromatic rings. The van der Waals surface area contributed by atoms with Gasteiger partial charge in [0, 0.05) is 24.1 Å². The molecule has 1 atom stereocenters. The van der Waals surface area contributed by atoms with Crippen molar-refractivity contribution in [1.82, 2.24) is 9.97 Å². The number of aromatic nitrogens is 2. The number of hydrogen-bond acceptors (Lipinski definition) is 5. The predicted molar refractivity (Wildman–Crippen MR) is 129 cm³/mol. The van der Waals surface area contributed by atoms with Crippen molar-refractivity contribution in [3.8, 4) is 17.0 Å². The van der Waals surface area contributed by atoms with E-state index in [4.69, 9.17) is 9.72 Å². The zero-order valence-corrected chi connectivity index (χ0v) is 18.4. The molecule has 4 rings (SSSR count). The lowest BCUT2D eigenvalue weighted by Crippen LogP contribution is -2.04. The maximum absolute atomic E-state index is 9.44. The molecule has 0 spiro atoms. The molecule has 0 fully saturated rings. The lowest BCUT2D eigenvalue weighted by molar-refractivity contribution is 0.251. The van der Waals surface area contributed by atoms with Crippen LogP contribution in [0.25, 0.3) is 11.3 Å². The average molecular weight is 430 g/mol. The quantitative estimate of drug-likeness (QED) is 0.494. The van der Waals surface area contributed by atoms with Gasteiger partial charge >= 0.3 is 0 Å². The van der Waals surface area contributed by atoms with Crippen molar-refractivity contribution in [2.75, 3.05) is 18.5 Å². The van der Waals surface area contributed by atoms with Crippen LogP contribution in [0.4, 0.5) is 11.6 Å². The molecule has 0 radical (unpaired) electrons. The fourth-order valence-electron chi connectivity index (χ4n) is 4.07. The SMILES string of the molecule is OCC[C@@H]1C/C=C/CCOc2cccc(c2)-c2ccnc(n2)Nc2cccc(c2)CCC1. The summed E-state index contributed by atoms with van der Waals surface area (Å²) >= 11 is 0. The van der Waals surface area contributed by atoms with E-state index >= 15 is 0 Å². The molecule has 0 amide bonds. The predicted octanol–water partition coefficient (Wildman–Crippen LogP) is 5.94. The fourth-order valence-corrected chi connectivity index (χ4v) is 4.07. The summed E-state index contributed by atoms with van der Waals surface area (Å²) in [6.45, 7) is 0.881. The van der Waals surface area contributed by atoms with Crippen LogP contribution in [0.1, 0.15) is 37.7 Å². The van der Waals surface area contributed by atoms with Crippen molar-refractivity contribution in [2.45, 2.75) is 38.5 Å². The Morgan fingerprint density at radius 1 is 1.06 bits per heavy atom. The number of aryl methyl sites for hydroxylation is 1. The van der Waals surface area contributed by atoms with Crippen molar-refractivity contribution in [2.24, 2.45) is 5.92 Å². The van der Waals surface area contributed by atoms with Gasteiger partial charge in [0.15, 0.2) is 0 Å². The number of rotatable bonds is 2. The topological polar surface area (TPSA) is 67.3 Å². The number of aliphatic hydroxyl groups is 1. The van der Waals surface area contributed by atoms with Gasteiger partial charge in [-0.05, 0) is 80.3 Å². The number of benzene rings is 2. The molecular formula is C27H31N3O2. The minimum atomic E-state index is 0.246. The Morgan fingerprint density at radius 3 is 2.94 bits per heavy atom. The average Bonchev–Trinajstić information content (AvgIpc) is 2.81. The molecule has 5 heteroatoms. The maximum Gasteiger partial charge on any atom is 0.227 e. The third-order valence-corrected chi connectivity index (χ3v) is 5.77. The molecule has 0 aliphatic carbocycles. The molecule has 1 aliphatic heterocycles. The van der Waals surface area contributed by atoms with Gasteiger partial charge in [-0.3, -0.25) is 0 Å². The van der Waals surface area contributed by atoms with Gasteiger partial charge in [0.2, 0.25) is 5.95 Å². The highest BCUT2D eigenvalue weighted by atomic mass is 16.5. The fraction of sp³-hybridized carbons (Fsp3) is 0.333.